The fourth-order valence-electron chi connectivity index (χ4n) is 5.46. The number of rotatable bonds is 5. The number of aromatic nitrogens is 3. The molecular weight excluding hydrogens is 486 g/mol. The highest BCUT2D eigenvalue weighted by Crippen LogP contribution is 2.44. The highest BCUT2D eigenvalue weighted by molar-refractivity contribution is 6.33. The second kappa shape index (κ2) is 9.72. The van der Waals surface area contributed by atoms with Crippen molar-refractivity contribution in [3.63, 3.8) is 0 Å². The van der Waals surface area contributed by atoms with Crippen LogP contribution in [0.3, 0.4) is 0 Å². The van der Waals surface area contributed by atoms with E-state index in [1.54, 1.807) is 0 Å². The van der Waals surface area contributed by atoms with Crippen LogP contribution in [-0.4, -0.2) is 81.4 Å². The molecule has 2 aromatic heterocycles. The molecule has 10 nitrogen and oxygen atoms in total. The number of halogens is 1. The van der Waals surface area contributed by atoms with E-state index >= 15 is 0 Å². The lowest BCUT2D eigenvalue weighted by Gasteiger charge is -2.35. The Morgan fingerprint density at radius 3 is 2.83 bits per heavy atom. The Hall–Kier alpha value is -1.98. The molecule has 3 fully saturated rings. The minimum atomic E-state index is -0.701. The Bertz CT molecular complexity index is 1100. The minimum Gasteiger partial charge on any atom is -0.444 e. The van der Waals surface area contributed by atoms with Gasteiger partial charge in [-0.25, -0.2) is 14.8 Å². The van der Waals surface area contributed by atoms with Crippen LogP contribution in [0.2, 0.25) is 5.15 Å². The fraction of sp³-hybridized carbons (Fsp3) is 0.720. The molecule has 5 heterocycles. The number of piperidine rings is 1. The summed E-state index contributed by atoms with van der Waals surface area (Å²) in [6.45, 7) is 12.6. The third kappa shape index (κ3) is 5.47. The Morgan fingerprint density at radius 2 is 2.06 bits per heavy atom. The van der Waals surface area contributed by atoms with E-state index in [0.717, 1.165) is 37.9 Å². The lowest BCUT2D eigenvalue weighted by molar-refractivity contribution is -0.198. The van der Waals surface area contributed by atoms with E-state index in [2.05, 4.69) is 20.2 Å². The first kappa shape index (κ1) is 25.7. The second-order valence-corrected chi connectivity index (χ2v) is 11.8. The number of hydrogen-bond donors (Lipinski definition) is 1. The zero-order chi connectivity index (χ0) is 25.7. The first-order valence-electron chi connectivity index (χ1n) is 12.7. The summed E-state index contributed by atoms with van der Waals surface area (Å²) < 4.78 is 26.6. The first-order chi connectivity index (χ1) is 17.0. The van der Waals surface area contributed by atoms with Crippen LogP contribution in [0.4, 0.5) is 4.79 Å². The molecule has 3 saturated heterocycles. The Kier molecular flexibility index (Phi) is 6.93. The molecule has 0 radical (unpaired) electrons. The van der Waals surface area contributed by atoms with E-state index in [1.165, 1.54) is 6.33 Å². The van der Waals surface area contributed by atoms with Crippen LogP contribution < -0.4 is 5.32 Å². The largest absolute Gasteiger partial charge is 0.444 e. The number of likely N-dealkylation sites (tertiary alicyclic amines) is 1. The number of fused-ring (bicyclic) bond motifs is 2. The number of ether oxygens (including phenoxy) is 4. The topological polar surface area (TPSA) is 100.0 Å². The van der Waals surface area contributed by atoms with Gasteiger partial charge in [-0.2, -0.15) is 0 Å². The number of hydrogen-bond acceptors (Lipinski definition) is 8. The molecule has 1 N–H and O–H groups in total. The number of carbonyl (C=O) groups excluding carboxylic acids is 1. The predicted molar refractivity (Wildman–Crippen MR) is 134 cm³/mol. The molecule has 0 spiro atoms. The van der Waals surface area contributed by atoms with Crippen LogP contribution in [0.1, 0.15) is 53.7 Å². The number of amides is 1. The van der Waals surface area contributed by atoms with E-state index in [-0.39, 0.29) is 30.6 Å². The lowest BCUT2D eigenvalue weighted by Crippen LogP contribution is -2.46. The van der Waals surface area contributed by atoms with E-state index in [4.69, 9.17) is 30.5 Å². The van der Waals surface area contributed by atoms with Gasteiger partial charge >= 0.3 is 6.09 Å². The van der Waals surface area contributed by atoms with Gasteiger partial charge in [-0.1, -0.05) is 11.6 Å². The van der Waals surface area contributed by atoms with Crippen molar-refractivity contribution in [2.24, 2.45) is 5.92 Å². The summed E-state index contributed by atoms with van der Waals surface area (Å²) in [5, 5.41) is 4.11. The monoisotopic (exact) mass is 521 g/mol. The van der Waals surface area contributed by atoms with Crippen LogP contribution in [0.15, 0.2) is 18.6 Å². The molecule has 5 atom stereocenters. The highest BCUT2D eigenvalue weighted by Gasteiger charge is 2.56. The Morgan fingerprint density at radius 1 is 1.28 bits per heavy atom. The Labute approximate surface area is 216 Å². The number of nitrogens with one attached hydrogen (secondary N) is 1. The minimum absolute atomic E-state index is 0.172. The fourth-order valence-corrected chi connectivity index (χ4v) is 5.65. The quantitative estimate of drug-likeness (QED) is 0.594. The molecule has 3 aliphatic heterocycles. The molecule has 1 unspecified atom stereocenters. The van der Waals surface area contributed by atoms with Crippen molar-refractivity contribution < 1.29 is 23.7 Å². The normalized spacial score (nSPS) is 30.4. The smallest absolute Gasteiger partial charge is 0.407 e. The van der Waals surface area contributed by atoms with Gasteiger partial charge in [-0.05, 0) is 66.0 Å². The third-order valence-electron chi connectivity index (χ3n) is 6.84. The third-order valence-corrected chi connectivity index (χ3v) is 7.14. The first-order valence-corrected chi connectivity index (χ1v) is 13.0. The van der Waals surface area contributed by atoms with Crippen molar-refractivity contribution in [2.75, 3.05) is 26.2 Å². The summed E-state index contributed by atoms with van der Waals surface area (Å²) in [4.78, 5) is 23.0. The standard InChI is InChI=1S/C25H36ClN5O5/c1-24(2,3)36-23(32)27-11-15-7-6-9-30(12-15)13-17-18-19(35-25(4,5)34-18)22(33-17)31-10-8-16-20(26)28-14-29-21(16)31/h8,10,14-15,17-19,22H,6-7,9,11-13H2,1-5H3,(H,27,32)/t15?,17-,18-,19-,22-/m1/s1. The summed E-state index contributed by atoms with van der Waals surface area (Å²) in [5.41, 5.74) is 0.203. The van der Waals surface area contributed by atoms with Gasteiger partial charge < -0.3 is 33.7 Å². The van der Waals surface area contributed by atoms with E-state index in [9.17, 15) is 4.79 Å². The molecule has 3 aliphatic rings. The van der Waals surface area contributed by atoms with Crippen molar-refractivity contribution in [2.45, 2.75) is 83.4 Å². The molecule has 0 bridgehead atoms. The molecule has 0 saturated carbocycles. The molecule has 1 amide bonds. The van der Waals surface area contributed by atoms with E-state index in [0.29, 0.717) is 23.3 Å². The maximum atomic E-state index is 12.1. The molecule has 2 aromatic rings. The average molecular weight is 522 g/mol. The maximum absolute atomic E-state index is 12.1. The van der Waals surface area contributed by atoms with Crippen molar-refractivity contribution in [3.8, 4) is 0 Å². The van der Waals surface area contributed by atoms with Crippen molar-refractivity contribution in [1.29, 1.82) is 0 Å². The van der Waals surface area contributed by atoms with Gasteiger partial charge in [0.05, 0.1) is 5.39 Å². The van der Waals surface area contributed by atoms with Crippen LogP contribution in [0.25, 0.3) is 11.0 Å². The van der Waals surface area contributed by atoms with E-state index < -0.39 is 11.4 Å². The van der Waals surface area contributed by atoms with Gasteiger partial charge in [0.1, 0.15) is 41.0 Å². The van der Waals surface area contributed by atoms with Crippen molar-refractivity contribution >= 4 is 28.7 Å². The highest BCUT2D eigenvalue weighted by atomic mass is 35.5. The van der Waals surface area contributed by atoms with Crippen LogP contribution in [0.5, 0.6) is 0 Å². The van der Waals surface area contributed by atoms with Crippen LogP contribution in [0, 0.1) is 5.92 Å². The van der Waals surface area contributed by atoms with Gasteiger partial charge in [-0.3, -0.25) is 0 Å². The maximum Gasteiger partial charge on any atom is 0.407 e. The molecule has 198 valence electrons. The second-order valence-electron chi connectivity index (χ2n) is 11.4. The van der Waals surface area contributed by atoms with Gasteiger partial charge in [-0.15, -0.1) is 0 Å². The molecule has 11 heteroatoms. The summed E-state index contributed by atoms with van der Waals surface area (Å²) >= 11 is 6.28. The van der Waals surface area contributed by atoms with Crippen molar-refractivity contribution in [1.82, 2.24) is 24.8 Å². The molecule has 0 aromatic carbocycles. The number of nitrogens with zero attached hydrogens (tertiary/aromatic N) is 4. The van der Waals surface area contributed by atoms with Crippen molar-refractivity contribution in [3.05, 3.63) is 23.7 Å². The number of carbonyl (C=O) groups is 1. The van der Waals surface area contributed by atoms with Gasteiger partial charge in [0.15, 0.2) is 12.0 Å². The van der Waals surface area contributed by atoms with Crippen LogP contribution in [-0.2, 0) is 18.9 Å². The summed E-state index contributed by atoms with van der Waals surface area (Å²) in [6.07, 6.45) is 4.09. The van der Waals surface area contributed by atoms with Gasteiger partial charge in [0.25, 0.3) is 0 Å². The van der Waals surface area contributed by atoms with E-state index in [1.807, 2.05) is 51.4 Å². The average Bonchev–Trinajstić information content (AvgIpc) is 3.44. The summed E-state index contributed by atoms with van der Waals surface area (Å²) in [6, 6.07) is 1.90. The molecule has 0 aliphatic carbocycles. The molecule has 36 heavy (non-hydrogen) atoms. The zero-order valence-electron chi connectivity index (χ0n) is 21.6. The summed E-state index contributed by atoms with van der Waals surface area (Å²) in [5.74, 6) is -0.351. The lowest BCUT2D eigenvalue weighted by atomic mass is 9.97. The predicted octanol–water partition coefficient (Wildman–Crippen LogP) is 3.74. The SMILES string of the molecule is CC(C)(C)OC(=O)NCC1CCCN(C[C@H]2O[C@@H](n3ccc4c(Cl)ncnc43)[C@@H]3OC(C)(C)O[C@@H]32)C1. The number of alkyl carbamates (subject to hydrolysis) is 1. The molecular formula is C25H36ClN5O5. The molecule has 5 rings (SSSR count). The summed E-state index contributed by atoms with van der Waals surface area (Å²) in [7, 11) is 0. The van der Waals surface area contributed by atoms with Crippen LogP contribution >= 0.6 is 11.6 Å². The van der Waals surface area contributed by atoms with Gasteiger partial charge in [0, 0.05) is 25.8 Å². The zero-order valence-corrected chi connectivity index (χ0v) is 22.3. The Balaban J connectivity index is 1.26. The van der Waals surface area contributed by atoms with Gasteiger partial charge in [0.2, 0.25) is 0 Å².